The molecule has 15 heavy (non-hydrogen) atoms. The molecule has 0 spiro atoms. The molecule has 1 saturated heterocycles. The summed E-state index contributed by atoms with van der Waals surface area (Å²) in [6.07, 6.45) is 2.37. The molecule has 2 rings (SSSR count). The van der Waals surface area contributed by atoms with E-state index in [9.17, 15) is 4.79 Å². The Bertz CT molecular complexity index is 388. The monoisotopic (exact) mass is 225 g/mol. The third-order valence-electron chi connectivity index (χ3n) is 2.96. The molecule has 1 atom stereocenters. The van der Waals surface area contributed by atoms with Crippen LogP contribution < -0.4 is 4.90 Å². The van der Waals surface area contributed by atoms with Crippen LogP contribution in [-0.2, 0) is 11.8 Å². The lowest BCUT2D eigenvalue weighted by atomic mass is 10.1. The average molecular weight is 225 g/mol. The second-order valence-electron chi connectivity index (χ2n) is 4.00. The van der Waals surface area contributed by atoms with Crippen LogP contribution in [0.5, 0.6) is 0 Å². The van der Waals surface area contributed by atoms with E-state index in [2.05, 4.69) is 17.7 Å². The molecule has 0 aliphatic carbocycles. The van der Waals surface area contributed by atoms with Crippen molar-refractivity contribution in [2.75, 3.05) is 17.2 Å². The summed E-state index contributed by atoms with van der Waals surface area (Å²) < 4.78 is 1.79. The molecule has 0 N–H and O–H groups in total. The smallest absolute Gasteiger partial charge is 0.227 e. The maximum Gasteiger partial charge on any atom is 0.227 e. The van der Waals surface area contributed by atoms with Gasteiger partial charge in [0.15, 0.2) is 0 Å². The van der Waals surface area contributed by atoms with E-state index in [1.807, 2.05) is 18.9 Å². The van der Waals surface area contributed by atoms with Crippen molar-refractivity contribution in [3.05, 3.63) is 11.9 Å². The maximum absolute atomic E-state index is 11.8. The second-order valence-corrected chi connectivity index (χ2v) is 4.36. The first-order valence-corrected chi connectivity index (χ1v) is 5.66. The molecular weight excluding hydrogens is 210 g/mol. The zero-order valence-electron chi connectivity index (χ0n) is 8.97. The molecule has 1 aliphatic rings. The minimum absolute atomic E-state index is 0.185. The normalized spacial score (nSPS) is 21.4. The topological polar surface area (TPSA) is 38.1 Å². The fraction of sp³-hybridized carbons (Fsp3) is 0.600. The summed E-state index contributed by atoms with van der Waals surface area (Å²) in [7, 11) is 1.88. The molecule has 1 aromatic rings. The van der Waals surface area contributed by atoms with Crippen LogP contribution >= 0.6 is 12.6 Å². The van der Waals surface area contributed by atoms with E-state index in [1.165, 1.54) is 0 Å². The van der Waals surface area contributed by atoms with Gasteiger partial charge in [0.05, 0.1) is 17.6 Å². The molecular formula is C10H15N3OS. The summed E-state index contributed by atoms with van der Waals surface area (Å²) in [6.45, 7) is 2.75. The highest BCUT2D eigenvalue weighted by Gasteiger charge is 2.31. The number of hydrogen-bond donors (Lipinski definition) is 1. The highest BCUT2D eigenvalue weighted by atomic mass is 32.1. The fourth-order valence-corrected chi connectivity index (χ4v) is 2.13. The third kappa shape index (κ3) is 1.76. The van der Waals surface area contributed by atoms with Crippen molar-refractivity contribution in [1.82, 2.24) is 9.78 Å². The molecule has 0 bridgehead atoms. The SMILES string of the molecule is Cc1c(N2CC(CS)CC2=O)cnn1C. The van der Waals surface area contributed by atoms with Gasteiger partial charge in [0.1, 0.15) is 0 Å². The summed E-state index contributed by atoms with van der Waals surface area (Å²) >= 11 is 4.24. The van der Waals surface area contributed by atoms with Gasteiger partial charge in [0.25, 0.3) is 0 Å². The van der Waals surface area contributed by atoms with Crippen molar-refractivity contribution < 1.29 is 4.79 Å². The predicted molar refractivity (Wildman–Crippen MR) is 62.3 cm³/mol. The van der Waals surface area contributed by atoms with Gasteiger partial charge in [-0.25, -0.2) is 0 Å². The largest absolute Gasteiger partial charge is 0.309 e. The van der Waals surface area contributed by atoms with E-state index in [1.54, 1.807) is 10.9 Å². The Morgan fingerprint density at radius 3 is 2.87 bits per heavy atom. The summed E-state index contributed by atoms with van der Waals surface area (Å²) in [5, 5.41) is 4.15. The number of rotatable bonds is 2. The number of carbonyl (C=O) groups excluding carboxylic acids is 1. The molecule has 1 amide bonds. The first kappa shape index (κ1) is 10.5. The minimum Gasteiger partial charge on any atom is -0.309 e. The molecule has 0 aromatic carbocycles. The van der Waals surface area contributed by atoms with Gasteiger partial charge < -0.3 is 4.90 Å². The van der Waals surface area contributed by atoms with E-state index in [4.69, 9.17) is 0 Å². The zero-order chi connectivity index (χ0) is 11.0. The summed E-state index contributed by atoms with van der Waals surface area (Å²) in [5.41, 5.74) is 1.97. The molecule has 4 nitrogen and oxygen atoms in total. The molecule has 1 aromatic heterocycles. The van der Waals surface area contributed by atoms with Crippen molar-refractivity contribution in [2.24, 2.45) is 13.0 Å². The van der Waals surface area contributed by atoms with Gasteiger partial charge in [0, 0.05) is 20.0 Å². The number of thiol groups is 1. The molecule has 0 saturated carbocycles. The van der Waals surface area contributed by atoms with Crippen molar-refractivity contribution in [3.63, 3.8) is 0 Å². The van der Waals surface area contributed by atoms with Gasteiger partial charge in [-0.1, -0.05) is 0 Å². The minimum atomic E-state index is 0.185. The Kier molecular flexibility index (Phi) is 2.73. The summed E-state index contributed by atoms with van der Waals surface area (Å²) in [5.74, 6) is 1.33. The van der Waals surface area contributed by atoms with Gasteiger partial charge in [-0.15, -0.1) is 0 Å². The van der Waals surface area contributed by atoms with Crippen molar-refractivity contribution in [1.29, 1.82) is 0 Å². The molecule has 82 valence electrons. The first-order chi connectivity index (χ1) is 7.13. The second kappa shape index (κ2) is 3.89. The lowest BCUT2D eigenvalue weighted by Crippen LogP contribution is -2.25. The Labute approximate surface area is 94.7 Å². The maximum atomic E-state index is 11.8. The third-order valence-corrected chi connectivity index (χ3v) is 3.48. The van der Waals surface area contributed by atoms with Crippen molar-refractivity contribution >= 4 is 24.2 Å². The summed E-state index contributed by atoms with van der Waals surface area (Å²) in [4.78, 5) is 13.6. The van der Waals surface area contributed by atoms with Crippen molar-refractivity contribution in [3.8, 4) is 0 Å². The molecule has 1 fully saturated rings. The van der Waals surface area contributed by atoms with Gasteiger partial charge in [0.2, 0.25) is 5.91 Å². The number of carbonyl (C=O) groups is 1. The van der Waals surface area contributed by atoms with Gasteiger partial charge in [-0.2, -0.15) is 17.7 Å². The summed E-state index contributed by atoms with van der Waals surface area (Å²) in [6, 6.07) is 0. The fourth-order valence-electron chi connectivity index (χ4n) is 1.89. The van der Waals surface area contributed by atoms with E-state index in [0.717, 1.165) is 23.7 Å². The molecule has 1 unspecified atom stereocenters. The van der Waals surface area contributed by atoms with Crippen LogP contribution in [0.25, 0.3) is 0 Å². The van der Waals surface area contributed by atoms with Gasteiger partial charge >= 0.3 is 0 Å². The van der Waals surface area contributed by atoms with E-state index in [0.29, 0.717) is 12.3 Å². The Hall–Kier alpha value is -0.970. The van der Waals surface area contributed by atoms with Crippen LogP contribution in [0.1, 0.15) is 12.1 Å². The Morgan fingerprint density at radius 1 is 1.67 bits per heavy atom. The number of hydrogen-bond acceptors (Lipinski definition) is 3. The van der Waals surface area contributed by atoms with Crippen molar-refractivity contribution in [2.45, 2.75) is 13.3 Å². The standard InChI is InChI=1S/C10H15N3OS/c1-7-9(4-11-12(7)2)13-5-8(6-15)3-10(13)14/h4,8,15H,3,5-6H2,1-2H3. The van der Waals surface area contributed by atoms with E-state index < -0.39 is 0 Å². The number of nitrogens with zero attached hydrogens (tertiary/aromatic N) is 3. The number of amides is 1. The van der Waals surface area contributed by atoms with Crippen LogP contribution in [-0.4, -0.2) is 28.0 Å². The van der Waals surface area contributed by atoms with Crippen LogP contribution in [0.4, 0.5) is 5.69 Å². The molecule has 1 aliphatic heterocycles. The number of anilines is 1. The van der Waals surface area contributed by atoms with Gasteiger partial charge in [-0.05, 0) is 18.6 Å². The number of aromatic nitrogens is 2. The van der Waals surface area contributed by atoms with Crippen LogP contribution in [0, 0.1) is 12.8 Å². The zero-order valence-corrected chi connectivity index (χ0v) is 9.87. The van der Waals surface area contributed by atoms with Crippen LogP contribution in [0.3, 0.4) is 0 Å². The quantitative estimate of drug-likeness (QED) is 0.763. The Morgan fingerprint density at radius 2 is 2.40 bits per heavy atom. The first-order valence-electron chi connectivity index (χ1n) is 5.03. The van der Waals surface area contributed by atoms with E-state index in [-0.39, 0.29) is 5.91 Å². The lowest BCUT2D eigenvalue weighted by molar-refractivity contribution is -0.117. The Balaban J connectivity index is 2.25. The van der Waals surface area contributed by atoms with Crippen LogP contribution in [0.2, 0.25) is 0 Å². The molecule has 0 radical (unpaired) electrons. The lowest BCUT2D eigenvalue weighted by Gasteiger charge is -2.15. The molecule has 5 heteroatoms. The van der Waals surface area contributed by atoms with E-state index >= 15 is 0 Å². The molecule has 2 heterocycles. The van der Waals surface area contributed by atoms with Crippen LogP contribution in [0.15, 0.2) is 6.20 Å². The average Bonchev–Trinajstić information content (AvgIpc) is 2.73. The van der Waals surface area contributed by atoms with Gasteiger partial charge in [-0.3, -0.25) is 9.48 Å². The highest BCUT2D eigenvalue weighted by Crippen LogP contribution is 2.27. The highest BCUT2D eigenvalue weighted by molar-refractivity contribution is 7.80. The number of aryl methyl sites for hydroxylation is 1. The predicted octanol–water partition coefficient (Wildman–Crippen LogP) is 1.01.